The molecule has 0 radical (unpaired) electrons. The number of fused-ring (bicyclic) bond motifs is 2. The summed E-state index contributed by atoms with van der Waals surface area (Å²) >= 11 is 0. The van der Waals surface area contributed by atoms with Gasteiger partial charge in [0.25, 0.3) is 5.92 Å². The Morgan fingerprint density at radius 3 is 2.71 bits per heavy atom. The van der Waals surface area contributed by atoms with Gasteiger partial charge in [0, 0.05) is 30.1 Å². The van der Waals surface area contributed by atoms with Crippen LogP contribution in [0.25, 0.3) is 11.3 Å². The third-order valence-corrected chi connectivity index (χ3v) is 7.29. The quantitative estimate of drug-likeness (QED) is 0.742. The molecule has 2 heterocycles. The van der Waals surface area contributed by atoms with Crippen molar-refractivity contribution in [3.05, 3.63) is 40.6 Å². The van der Waals surface area contributed by atoms with E-state index in [1.165, 1.54) is 0 Å². The molecule has 7 nitrogen and oxygen atoms in total. The molecule has 0 amide bonds. The normalized spacial score (nSPS) is 26.5. The van der Waals surface area contributed by atoms with E-state index in [9.17, 15) is 22.3 Å². The summed E-state index contributed by atoms with van der Waals surface area (Å²) in [5.41, 5.74) is 3.22. The molecule has 3 aliphatic rings. The van der Waals surface area contributed by atoms with E-state index in [4.69, 9.17) is 0 Å². The van der Waals surface area contributed by atoms with Crippen molar-refractivity contribution in [2.45, 2.75) is 56.7 Å². The smallest absolute Gasteiger partial charge is 0.290 e. The largest absolute Gasteiger partial charge is 0.389 e. The first kappa shape index (κ1) is 20.7. The Morgan fingerprint density at radius 2 is 2.03 bits per heavy atom. The van der Waals surface area contributed by atoms with Crippen LogP contribution < -0.4 is 9.62 Å². The lowest BCUT2D eigenvalue weighted by molar-refractivity contribution is -0.00603. The van der Waals surface area contributed by atoms with Crippen molar-refractivity contribution in [1.29, 1.82) is 0 Å². The van der Waals surface area contributed by atoms with Gasteiger partial charge in [0.2, 0.25) is 16.0 Å². The second-order valence-corrected chi connectivity index (χ2v) is 10.5. The highest BCUT2D eigenvalue weighted by molar-refractivity contribution is 7.88. The van der Waals surface area contributed by atoms with Gasteiger partial charge in [-0.1, -0.05) is 12.1 Å². The zero-order valence-electron chi connectivity index (χ0n) is 17.3. The third kappa shape index (κ3) is 3.50. The minimum Gasteiger partial charge on any atom is -0.389 e. The van der Waals surface area contributed by atoms with Gasteiger partial charge in [-0.25, -0.2) is 23.1 Å². The van der Waals surface area contributed by atoms with Crippen LogP contribution >= 0.6 is 0 Å². The van der Waals surface area contributed by atoms with E-state index in [1.54, 1.807) is 11.8 Å². The number of aliphatic hydroxyl groups is 1. The monoisotopic (exact) mass is 450 g/mol. The number of benzene rings is 1. The summed E-state index contributed by atoms with van der Waals surface area (Å²) in [6, 6.07) is 5.06. The van der Waals surface area contributed by atoms with Gasteiger partial charge in [0.05, 0.1) is 24.1 Å². The van der Waals surface area contributed by atoms with Gasteiger partial charge in [-0.05, 0) is 43.4 Å². The second kappa shape index (κ2) is 6.91. The molecule has 31 heavy (non-hydrogen) atoms. The van der Waals surface area contributed by atoms with Crippen molar-refractivity contribution in [3.63, 3.8) is 0 Å². The summed E-state index contributed by atoms with van der Waals surface area (Å²) in [5.74, 6) is -2.83. The number of sulfonamides is 1. The molecule has 5 rings (SSSR count). The second-order valence-electron chi connectivity index (χ2n) is 8.76. The van der Waals surface area contributed by atoms with Crippen LogP contribution in [0.1, 0.15) is 48.2 Å². The molecule has 166 valence electrons. The Hall–Kier alpha value is -2.17. The van der Waals surface area contributed by atoms with E-state index in [-0.39, 0.29) is 36.6 Å². The molecule has 1 fully saturated rings. The topological polar surface area (TPSA) is 95.4 Å². The number of hydrogen-bond donors (Lipinski definition) is 2. The highest BCUT2D eigenvalue weighted by atomic mass is 32.2. The average Bonchev–Trinajstić information content (AvgIpc) is 3.24. The molecule has 2 aromatic rings. The lowest BCUT2D eigenvalue weighted by Gasteiger charge is -2.43. The molecule has 2 N–H and O–H groups in total. The molecule has 0 unspecified atom stereocenters. The van der Waals surface area contributed by atoms with Crippen LogP contribution in [-0.4, -0.2) is 48.4 Å². The van der Waals surface area contributed by atoms with Crippen molar-refractivity contribution >= 4 is 16.0 Å². The molecule has 3 atom stereocenters. The van der Waals surface area contributed by atoms with Crippen LogP contribution in [-0.2, 0) is 28.8 Å². The number of aryl methyl sites for hydroxylation is 1. The highest BCUT2D eigenvalue weighted by Crippen LogP contribution is 2.45. The van der Waals surface area contributed by atoms with E-state index in [1.807, 2.05) is 18.2 Å². The molecule has 0 bridgehead atoms. The number of aromatic nitrogens is 2. The fourth-order valence-electron chi connectivity index (χ4n) is 4.76. The number of halogens is 2. The Balaban J connectivity index is 1.61. The molecular weight excluding hydrogens is 426 g/mol. The van der Waals surface area contributed by atoms with Crippen LogP contribution in [0.3, 0.4) is 0 Å². The van der Waals surface area contributed by atoms with Crippen molar-refractivity contribution in [2.24, 2.45) is 0 Å². The fraction of sp³-hybridized carbons (Fsp3) is 0.524. The van der Waals surface area contributed by atoms with Crippen molar-refractivity contribution in [2.75, 3.05) is 17.7 Å². The zero-order valence-corrected chi connectivity index (χ0v) is 18.1. The standard InChI is InChI=1S/C21H24F2N4O3S/c1-11-17(28)10-27(11)20-24-18(14-7-8-21(22,23)19(14)25-20)13-4-3-12-5-6-16(15(12)9-13)26-31(2,29)30/h3-4,9,11,16-17,26,28H,5-8,10H2,1-2H3/t11-,16-,17+/m0/s1. The molecular formula is C21H24F2N4O3S. The van der Waals surface area contributed by atoms with Crippen LogP contribution in [0, 0.1) is 0 Å². The summed E-state index contributed by atoms with van der Waals surface area (Å²) < 4.78 is 55.4. The minimum atomic E-state index is -3.38. The van der Waals surface area contributed by atoms with E-state index < -0.39 is 22.0 Å². The van der Waals surface area contributed by atoms with E-state index in [0.717, 1.165) is 23.8 Å². The van der Waals surface area contributed by atoms with Crippen molar-refractivity contribution in [3.8, 4) is 11.3 Å². The highest BCUT2D eigenvalue weighted by Gasteiger charge is 2.45. The van der Waals surface area contributed by atoms with E-state index in [2.05, 4.69) is 14.7 Å². The Bertz CT molecular complexity index is 1170. The molecule has 10 heteroatoms. The first-order valence-corrected chi connectivity index (χ1v) is 12.3. The first-order valence-electron chi connectivity index (χ1n) is 10.4. The van der Waals surface area contributed by atoms with Gasteiger partial charge >= 0.3 is 0 Å². The van der Waals surface area contributed by atoms with E-state index >= 15 is 0 Å². The van der Waals surface area contributed by atoms with Crippen LogP contribution in [0.15, 0.2) is 18.2 Å². The van der Waals surface area contributed by atoms with Gasteiger partial charge in [-0.3, -0.25) is 0 Å². The molecule has 0 spiro atoms. The summed E-state index contributed by atoms with van der Waals surface area (Å²) in [6.07, 6.45) is 1.86. The summed E-state index contributed by atoms with van der Waals surface area (Å²) in [7, 11) is -3.38. The number of nitrogens with one attached hydrogen (secondary N) is 1. The van der Waals surface area contributed by atoms with Crippen LogP contribution in [0.4, 0.5) is 14.7 Å². The number of alkyl halides is 2. The number of hydrogen-bond acceptors (Lipinski definition) is 6. The predicted molar refractivity (Wildman–Crippen MR) is 112 cm³/mol. The molecule has 2 aliphatic carbocycles. The lowest BCUT2D eigenvalue weighted by Crippen LogP contribution is -2.59. The van der Waals surface area contributed by atoms with Gasteiger partial charge in [-0.2, -0.15) is 8.78 Å². The number of aliphatic hydroxyl groups excluding tert-OH is 1. The maximum absolute atomic E-state index is 14.6. The minimum absolute atomic E-state index is 0.179. The van der Waals surface area contributed by atoms with Crippen molar-refractivity contribution in [1.82, 2.24) is 14.7 Å². The molecule has 1 saturated heterocycles. The predicted octanol–water partition coefficient (Wildman–Crippen LogP) is 2.29. The number of nitrogens with zero attached hydrogens (tertiary/aromatic N) is 3. The maximum Gasteiger partial charge on any atom is 0.290 e. The summed E-state index contributed by atoms with van der Waals surface area (Å²) in [6.45, 7) is 2.11. The van der Waals surface area contributed by atoms with Crippen LogP contribution in [0.2, 0.25) is 0 Å². The number of β-amino-alcohol motifs (C(OH)–C–C–N with tert-alkyl or cyclic N) is 1. The molecule has 1 aromatic heterocycles. The first-order chi connectivity index (χ1) is 14.5. The number of anilines is 1. The zero-order chi connectivity index (χ0) is 22.1. The molecule has 1 aliphatic heterocycles. The van der Waals surface area contributed by atoms with Gasteiger partial charge in [0.1, 0.15) is 5.69 Å². The van der Waals surface area contributed by atoms with Crippen LogP contribution in [0.5, 0.6) is 0 Å². The average molecular weight is 451 g/mol. The van der Waals surface area contributed by atoms with Crippen molar-refractivity contribution < 1.29 is 22.3 Å². The summed E-state index contributed by atoms with van der Waals surface area (Å²) in [4.78, 5) is 10.6. The molecule has 0 saturated carbocycles. The lowest BCUT2D eigenvalue weighted by atomic mass is 9.99. The van der Waals surface area contributed by atoms with Gasteiger partial charge in [-0.15, -0.1) is 0 Å². The SMILES string of the molecule is C[C@H]1[C@H](O)CN1c1nc(-c2ccc3c(c2)[C@@H](NS(C)(=O)=O)CC3)c2c(n1)C(F)(F)CC2. The Morgan fingerprint density at radius 1 is 1.26 bits per heavy atom. The third-order valence-electron chi connectivity index (χ3n) is 6.57. The van der Waals surface area contributed by atoms with E-state index in [0.29, 0.717) is 29.8 Å². The van der Waals surface area contributed by atoms with Gasteiger partial charge < -0.3 is 10.0 Å². The Kier molecular flexibility index (Phi) is 4.62. The van der Waals surface area contributed by atoms with Gasteiger partial charge in [0.15, 0.2) is 0 Å². The maximum atomic E-state index is 14.6. The Labute approximate surface area is 179 Å². The number of rotatable bonds is 4. The summed E-state index contributed by atoms with van der Waals surface area (Å²) in [5, 5.41) is 9.86. The fourth-order valence-corrected chi connectivity index (χ4v) is 5.53. The molecule has 1 aromatic carbocycles.